The molecule has 0 radical (unpaired) electrons. The van der Waals surface area contributed by atoms with Crippen molar-refractivity contribution in [2.24, 2.45) is 0 Å². The van der Waals surface area contributed by atoms with E-state index in [-0.39, 0.29) is 11.3 Å². The number of thiophene rings is 1. The lowest BCUT2D eigenvalue weighted by Crippen LogP contribution is -2.11. The molecule has 136 valence electrons. The van der Waals surface area contributed by atoms with E-state index in [4.69, 9.17) is 11.6 Å². The van der Waals surface area contributed by atoms with Gasteiger partial charge in [-0.15, -0.1) is 11.3 Å². The van der Waals surface area contributed by atoms with Crippen LogP contribution in [0, 0.1) is 0 Å². The zero-order valence-electron chi connectivity index (χ0n) is 15.2. The van der Waals surface area contributed by atoms with E-state index in [0.29, 0.717) is 10.9 Å². The van der Waals surface area contributed by atoms with Crippen molar-refractivity contribution in [1.82, 2.24) is 4.98 Å². The number of fused-ring (bicyclic) bond motifs is 1. The van der Waals surface area contributed by atoms with Crippen LogP contribution in [0.1, 0.15) is 36.9 Å². The highest BCUT2D eigenvalue weighted by molar-refractivity contribution is 7.17. The van der Waals surface area contributed by atoms with Gasteiger partial charge < -0.3 is 4.98 Å². The third kappa shape index (κ3) is 3.45. The molecule has 2 heterocycles. The topological polar surface area (TPSA) is 32.9 Å². The van der Waals surface area contributed by atoms with Gasteiger partial charge in [0.05, 0.1) is 5.39 Å². The van der Waals surface area contributed by atoms with Gasteiger partial charge in [-0.2, -0.15) is 0 Å². The van der Waals surface area contributed by atoms with Crippen LogP contribution in [0.3, 0.4) is 0 Å². The molecule has 0 aliphatic carbocycles. The van der Waals surface area contributed by atoms with Crippen molar-refractivity contribution in [3.63, 3.8) is 0 Å². The Balaban J connectivity index is 1.75. The van der Waals surface area contributed by atoms with Crippen LogP contribution in [0.15, 0.2) is 70.8 Å². The van der Waals surface area contributed by atoms with E-state index in [0.717, 1.165) is 27.0 Å². The second-order valence-electron chi connectivity index (χ2n) is 6.94. The number of aromatic nitrogens is 1. The molecule has 0 aliphatic rings. The van der Waals surface area contributed by atoms with E-state index < -0.39 is 0 Å². The maximum atomic E-state index is 12.9. The van der Waals surface area contributed by atoms with Crippen LogP contribution in [0.25, 0.3) is 21.3 Å². The van der Waals surface area contributed by atoms with Gasteiger partial charge in [0.15, 0.2) is 5.43 Å². The summed E-state index contributed by atoms with van der Waals surface area (Å²) in [6, 6.07) is 19.8. The van der Waals surface area contributed by atoms with Gasteiger partial charge in [0.25, 0.3) is 0 Å². The number of rotatable bonds is 4. The molecule has 27 heavy (non-hydrogen) atoms. The predicted octanol–water partition coefficient (Wildman–Crippen LogP) is 6.82. The zero-order chi connectivity index (χ0) is 19.0. The van der Waals surface area contributed by atoms with Gasteiger partial charge in [-0.1, -0.05) is 67.9 Å². The highest BCUT2D eigenvalue weighted by Crippen LogP contribution is 2.35. The Morgan fingerprint density at radius 1 is 0.963 bits per heavy atom. The van der Waals surface area contributed by atoms with Crippen molar-refractivity contribution < 1.29 is 0 Å². The molecule has 2 nitrogen and oxygen atoms in total. The standard InChI is InChI=1S/C23H20ClNOS/c1-14(16-6-4-3-5-7-16)15(2)20-12-21(26)22-19(13-27-23(22)25-20)17-8-10-18(24)11-9-17/h3-15H,1-2H3,(H,25,26). The molecule has 2 aromatic carbocycles. The highest BCUT2D eigenvalue weighted by Gasteiger charge is 2.19. The summed E-state index contributed by atoms with van der Waals surface area (Å²) in [5.41, 5.74) is 4.29. The Bertz CT molecular complexity index is 1130. The molecule has 4 heteroatoms. The molecule has 0 aliphatic heterocycles. The summed E-state index contributed by atoms with van der Waals surface area (Å²) < 4.78 is 0. The van der Waals surface area contributed by atoms with Crippen LogP contribution in [0.4, 0.5) is 0 Å². The first-order valence-corrected chi connectivity index (χ1v) is 10.3. The van der Waals surface area contributed by atoms with Gasteiger partial charge in [0, 0.05) is 33.6 Å². The second-order valence-corrected chi connectivity index (χ2v) is 8.25. The number of hydrogen-bond acceptors (Lipinski definition) is 2. The van der Waals surface area contributed by atoms with Gasteiger partial charge >= 0.3 is 0 Å². The fourth-order valence-electron chi connectivity index (χ4n) is 3.48. The summed E-state index contributed by atoms with van der Waals surface area (Å²) in [7, 11) is 0. The summed E-state index contributed by atoms with van der Waals surface area (Å²) in [5.74, 6) is 0.528. The maximum absolute atomic E-state index is 12.9. The Kier molecular flexibility index (Phi) is 4.90. The molecule has 4 aromatic rings. The molecule has 0 amide bonds. The van der Waals surface area contributed by atoms with Crippen LogP contribution in [0.2, 0.25) is 5.02 Å². The van der Waals surface area contributed by atoms with Crippen LogP contribution in [-0.2, 0) is 0 Å². The molecule has 2 aromatic heterocycles. The van der Waals surface area contributed by atoms with Crippen molar-refractivity contribution in [2.75, 3.05) is 0 Å². The molecule has 0 saturated carbocycles. The molecule has 2 unspecified atom stereocenters. The maximum Gasteiger partial charge on any atom is 0.191 e. The number of H-pyrrole nitrogens is 1. The first kappa shape index (κ1) is 18.0. The molecular weight excluding hydrogens is 374 g/mol. The minimum Gasteiger partial charge on any atom is -0.350 e. The Hall–Kier alpha value is -2.36. The van der Waals surface area contributed by atoms with E-state index in [1.54, 1.807) is 17.4 Å². The van der Waals surface area contributed by atoms with Gasteiger partial charge in [-0.05, 0) is 29.2 Å². The summed E-state index contributed by atoms with van der Waals surface area (Å²) >= 11 is 7.57. The normalized spacial score (nSPS) is 13.6. The lowest BCUT2D eigenvalue weighted by Gasteiger charge is -2.20. The molecule has 0 bridgehead atoms. The SMILES string of the molecule is CC(c1ccccc1)C(C)c1cc(=O)c2c(-c3ccc(Cl)cc3)csc2[nH]1. The number of aromatic amines is 1. The third-order valence-electron chi connectivity index (χ3n) is 5.30. The first-order chi connectivity index (χ1) is 13.0. The van der Waals surface area contributed by atoms with Gasteiger partial charge in [-0.25, -0.2) is 0 Å². The fraction of sp³-hybridized carbons (Fsp3) is 0.174. The predicted molar refractivity (Wildman–Crippen MR) is 116 cm³/mol. The van der Waals surface area contributed by atoms with Crippen molar-refractivity contribution in [1.29, 1.82) is 0 Å². The van der Waals surface area contributed by atoms with E-state index in [1.165, 1.54) is 5.56 Å². The number of hydrogen-bond donors (Lipinski definition) is 1. The Labute approximate surface area is 167 Å². The van der Waals surface area contributed by atoms with E-state index in [2.05, 4.69) is 43.1 Å². The molecule has 4 rings (SSSR count). The molecule has 0 spiro atoms. The van der Waals surface area contributed by atoms with E-state index >= 15 is 0 Å². The van der Waals surface area contributed by atoms with E-state index in [9.17, 15) is 4.79 Å². The Morgan fingerprint density at radius 2 is 1.67 bits per heavy atom. The van der Waals surface area contributed by atoms with Crippen LogP contribution < -0.4 is 5.43 Å². The summed E-state index contributed by atoms with van der Waals surface area (Å²) in [6.07, 6.45) is 0. The summed E-state index contributed by atoms with van der Waals surface area (Å²) in [5, 5.41) is 3.49. The van der Waals surface area contributed by atoms with Gasteiger partial charge in [0.1, 0.15) is 4.83 Å². The number of pyridine rings is 1. The molecule has 0 fully saturated rings. The van der Waals surface area contributed by atoms with Gasteiger partial charge in [0.2, 0.25) is 0 Å². The number of benzene rings is 2. The van der Waals surface area contributed by atoms with E-state index in [1.807, 2.05) is 35.7 Å². The average Bonchev–Trinajstić information content (AvgIpc) is 3.13. The zero-order valence-corrected chi connectivity index (χ0v) is 16.8. The summed E-state index contributed by atoms with van der Waals surface area (Å²) in [4.78, 5) is 17.4. The van der Waals surface area contributed by atoms with Crippen molar-refractivity contribution in [3.8, 4) is 11.1 Å². The largest absolute Gasteiger partial charge is 0.350 e. The average molecular weight is 394 g/mol. The van der Waals surface area contributed by atoms with Crippen molar-refractivity contribution in [3.05, 3.63) is 92.5 Å². The highest BCUT2D eigenvalue weighted by atomic mass is 35.5. The molecule has 1 N–H and O–H groups in total. The minimum atomic E-state index is 0.0667. The van der Waals surface area contributed by atoms with Crippen LogP contribution in [0.5, 0.6) is 0 Å². The fourth-order valence-corrected chi connectivity index (χ4v) is 4.60. The number of nitrogens with one attached hydrogen (secondary N) is 1. The third-order valence-corrected chi connectivity index (χ3v) is 6.45. The smallest absolute Gasteiger partial charge is 0.191 e. The lowest BCUT2D eigenvalue weighted by atomic mass is 9.86. The quantitative estimate of drug-likeness (QED) is 0.405. The lowest BCUT2D eigenvalue weighted by molar-refractivity contribution is 0.609. The molecular formula is C23H20ClNOS. The molecule has 2 atom stereocenters. The number of halogens is 1. The van der Waals surface area contributed by atoms with Crippen molar-refractivity contribution >= 4 is 33.2 Å². The monoisotopic (exact) mass is 393 g/mol. The van der Waals surface area contributed by atoms with Crippen molar-refractivity contribution in [2.45, 2.75) is 25.7 Å². The summed E-state index contributed by atoms with van der Waals surface area (Å²) in [6.45, 7) is 4.37. The Morgan fingerprint density at radius 3 is 2.37 bits per heavy atom. The van der Waals surface area contributed by atoms with Gasteiger partial charge in [-0.3, -0.25) is 4.79 Å². The molecule has 0 saturated heterocycles. The first-order valence-electron chi connectivity index (χ1n) is 9.00. The minimum absolute atomic E-state index is 0.0667. The van der Waals surface area contributed by atoms with Crippen LogP contribution in [-0.4, -0.2) is 4.98 Å². The van der Waals surface area contributed by atoms with Crippen LogP contribution >= 0.6 is 22.9 Å². The second kappa shape index (κ2) is 7.34.